The molecule has 0 spiro atoms. The van der Waals surface area contributed by atoms with E-state index in [4.69, 9.17) is 4.74 Å². The average molecular weight is 482 g/mol. The Labute approximate surface area is 200 Å². The number of carbonyl (C=O) groups is 1. The van der Waals surface area contributed by atoms with Crippen molar-refractivity contribution in [1.29, 1.82) is 0 Å². The summed E-state index contributed by atoms with van der Waals surface area (Å²) in [6, 6.07) is 1.87. The third-order valence-electron chi connectivity index (χ3n) is 5.82. The predicted octanol–water partition coefficient (Wildman–Crippen LogP) is 3.68. The van der Waals surface area contributed by atoms with Crippen LogP contribution in [-0.2, 0) is 11.8 Å². The van der Waals surface area contributed by atoms with Crippen LogP contribution in [0.4, 0.5) is 4.79 Å². The van der Waals surface area contributed by atoms with Crippen LogP contribution in [-0.4, -0.2) is 59.2 Å². The Morgan fingerprint density at radius 3 is 2.65 bits per heavy atom. The molecule has 10 nitrogen and oxygen atoms in total. The van der Waals surface area contributed by atoms with Crippen molar-refractivity contribution >= 4 is 38.5 Å². The van der Waals surface area contributed by atoms with E-state index < -0.39 is 5.60 Å². The summed E-state index contributed by atoms with van der Waals surface area (Å²) in [5.41, 5.74) is 2.27. The zero-order valence-electron chi connectivity index (χ0n) is 19.9. The molecule has 0 saturated carbocycles. The molecule has 5 rings (SSSR count). The standard InChI is InChI=1S/C23H27N7O3S/c1-13-18-14(12-28(5)27-18)10-16(25-13)20-26-17-11-24-30(21(31)19(17)34-20)15-6-8-29(9-7-15)22(32)33-23(2,3)4/h10-12,15H,6-9H2,1-5H3. The van der Waals surface area contributed by atoms with Crippen LogP contribution in [0.25, 0.3) is 31.8 Å². The number of pyridine rings is 1. The fraction of sp³-hybridized carbons (Fsp3) is 0.478. The molecule has 0 bridgehead atoms. The summed E-state index contributed by atoms with van der Waals surface area (Å²) >= 11 is 1.33. The van der Waals surface area contributed by atoms with Crippen LogP contribution in [0.3, 0.4) is 0 Å². The van der Waals surface area contributed by atoms with Gasteiger partial charge in [-0.05, 0) is 46.6 Å². The minimum atomic E-state index is -0.531. The van der Waals surface area contributed by atoms with Crippen LogP contribution in [0.15, 0.2) is 23.3 Å². The van der Waals surface area contributed by atoms with E-state index in [0.29, 0.717) is 41.2 Å². The second kappa shape index (κ2) is 8.15. The summed E-state index contributed by atoms with van der Waals surface area (Å²) in [4.78, 5) is 36.6. The van der Waals surface area contributed by atoms with Gasteiger partial charge >= 0.3 is 6.09 Å². The SMILES string of the molecule is Cc1nc(-c2nc3cnn(C4CCN(C(=O)OC(C)(C)C)CC4)c(=O)c3s2)cc2cn(C)nc12. The van der Waals surface area contributed by atoms with Gasteiger partial charge in [-0.1, -0.05) is 0 Å². The number of thiazole rings is 1. The summed E-state index contributed by atoms with van der Waals surface area (Å²) in [6.07, 6.45) is 4.55. The number of rotatable bonds is 2. The smallest absolute Gasteiger partial charge is 0.410 e. The van der Waals surface area contributed by atoms with Gasteiger partial charge in [-0.2, -0.15) is 10.2 Å². The summed E-state index contributed by atoms with van der Waals surface area (Å²) in [7, 11) is 1.88. The Kier molecular flexibility index (Phi) is 5.38. The molecule has 0 N–H and O–H groups in total. The highest BCUT2D eigenvalue weighted by Gasteiger charge is 2.29. The number of piperidine rings is 1. The molecule has 1 fully saturated rings. The summed E-state index contributed by atoms with van der Waals surface area (Å²) < 4.78 is 9.33. The highest BCUT2D eigenvalue weighted by molar-refractivity contribution is 7.21. The highest BCUT2D eigenvalue weighted by atomic mass is 32.1. The van der Waals surface area contributed by atoms with Gasteiger partial charge in [0.2, 0.25) is 0 Å². The van der Waals surface area contributed by atoms with Crippen LogP contribution < -0.4 is 5.56 Å². The molecule has 34 heavy (non-hydrogen) atoms. The van der Waals surface area contributed by atoms with Crippen molar-refractivity contribution in [3.05, 3.63) is 34.5 Å². The van der Waals surface area contributed by atoms with Crippen molar-refractivity contribution in [2.45, 2.75) is 52.2 Å². The maximum atomic E-state index is 13.3. The minimum Gasteiger partial charge on any atom is -0.444 e. The minimum absolute atomic E-state index is 0.0757. The van der Waals surface area contributed by atoms with Crippen molar-refractivity contribution < 1.29 is 9.53 Å². The van der Waals surface area contributed by atoms with Crippen molar-refractivity contribution in [1.82, 2.24) is 34.4 Å². The monoisotopic (exact) mass is 481 g/mol. The van der Waals surface area contributed by atoms with Gasteiger partial charge in [-0.25, -0.2) is 19.4 Å². The van der Waals surface area contributed by atoms with Gasteiger partial charge in [0.25, 0.3) is 5.56 Å². The second-order valence-electron chi connectivity index (χ2n) is 9.66. The number of fused-ring (bicyclic) bond motifs is 2. The van der Waals surface area contributed by atoms with Crippen molar-refractivity contribution in [3.63, 3.8) is 0 Å². The van der Waals surface area contributed by atoms with Crippen LogP contribution >= 0.6 is 11.3 Å². The number of carbonyl (C=O) groups excluding carboxylic acids is 1. The molecule has 1 saturated heterocycles. The Morgan fingerprint density at radius 1 is 1.21 bits per heavy atom. The van der Waals surface area contributed by atoms with Gasteiger partial charge in [-0.15, -0.1) is 11.3 Å². The fourth-order valence-electron chi connectivity index (χ4n) is 4.25. The molecule has 0 radical (unpaired) electrons. The Bertz CT molecular complexity index is 1460. The number of amides is 1. The molecular formula is C23H27N7O3S. The molecular weight excluding hydrogens is 454 g/mol. The van der Waals surface area contributed by atoms with Crippen LogP contribution in [0.2, 0.25) is 0 Å². The number of likely N-dealkylation sites (tertiary alicyclic amines) is 1. The first-order valence-corrected chi connectivity index (χ1v) is 12.1. The van der Waals surface area contributed by atoms with E-state index in [0.717, 1.165) is 22.3 Å². The number of aromatic nitrogens is 6. The second-order valence-corrected chi connectivity index (χ2v) is 10.7. The Balaban J connectivity index is 1.40. The van der Waals surface area contributed by atoms with Crippen molar-refractivity contribution in [3.8, 4) is 10.7 Å². The third-order valence-corrected chi connectivity index (χ3v) is 6.90. The average Bonchev–Trinajstić information content (AvgIpc) is 3.37. The molecule has 1 amide bonds. The van der Waals surface area contributed by atoms with E-state index in [2.05, 4.69) is 20.2 Å². The summed E-state index contributed by atoms with van der Waals surface area (Å²) in [6.45, 7) is 8.52. The number of aryl methyl sites for hydroxylation is 2. The number of ether oxygens (including phenoxy) is 1. The Morgan fingerprint density at radius 2 is 1.94 bits per heavy atom. The normalized spacial score (nSPS) is 15.4. The van der Waals surface area contributed by atoms with Crippen LogP contribution in [0.5, 0.6) is 0 Å². The first-order chi connectivity index (χ1) is 16.1. The van der Waals surface area contributed by atoms with E-state index in [1.54, 1.807) is 20.5 Å². The Hall–Kier alpha value is -3.34. The van der Waals surface area contributed by atoms with E-state index in [1.165, 1.54) is 11.3 Å². The van der Waals surface area contributed by atoms with E-state index in [9.17, 15) is 9.59 Å². The van der Waals surface area contributed by atoms with Gasteiger partial charge in [-0.3, -0.25) is 9.48 Å². The van der Waals surface area contributed by atoms with Gasteiger partial charge in [0.15, 0.2) is 0 Å². The lowest BCUT2D eigenvalue weighted by atomic mass is 10.1. The summed E-state index contributed by atoms with van der Waals surface area (Å²) in [5.74, 6) is 0. The van der Waals surface area contributed by atoms with Gasteiger partial charge < -0.3 is 9.64 Å². The number of hydrogen-bond donors (Lipinski definition) is 0. The maximum Gasteiger partial charge on any atom is 0.410 e. The lowest BCUT2D eigenvalue weighted by Crippen LogP contribution is -2.43. The molecule has 0 aromatic carbocycles. The molecule has 4 aromatic heterocycles. The van der Waals surface area contributed by atoms with E-state index in [1.807, 2.05) is 47.0 Å². The quantitative estimate of drug-likeness (QED) is 0.430. The third kappa shape index (κ3) is 4.15. The first-order valence-electron chi connectivity index (χ1n) is 11.3. The molecule has 0 aliphatic carbocycles. The highest BCUT2D eigenvalue weighted by Crippen LogP contribution is 2.30. The molecule has 0 unspecified atom stereocenters. The molecule has 4 aromatic rings. The topological polar surface area (TPSA) is 108 Å². The fourth-order valence-corrected chi connectivity index (χ4v) is 5.18. The largest absolute Gasteiger partial charge is 0.444 e. The van der Waals surface area contributed by atoms with Crippen LogP contribution in [0, 0.1) is 6.92 Å². The molecule has 5 heterocycles. The molecule has 1 aliphatic heterocycles. The molecule has 178 valence electrons. The van der Waals surface area contributed by atoms with Crippen molar-refractivity contribution in [2.24, 2.45) is 7.05 Å². The first kappa shape index (κ1) is 22.5. The molecule has 11 heteroatoms. The predicted molar refractivity (Wildman–Crippen MR) is 130 cm³/mol. The number of nitrogens with zero attached hydrogens (tertiary/aromatic N) is 7. The zero-order valence-corrected chi connectivity index (χ0v) is 20.7. The maximum absolute atomic E-state index is 13.3. The lowest BCUT2D eigenvalue weighted by molar-refractivity contribution is 0.0183. The molecule has 1 aliphatic rings. The van der Waals surface area contributed by atoms with Gasteiger partial charge in [0.05, 0.1) is 17.9 Å². The van der Waals surface area contributed by atoms with Gasteiger partial charge in [0, 0.05) is 31.7 Å². The van der Waals surface area contributed by atoms with Crippen molar-refractivity contribution in [2.75, 3.05) is 13.1 Å². The lowest BCUT2D eigenvalue weighted by Gasteiger charge is -2.33. The van der Waals surface area contributed by atoms with E-state index in [-0.39, 0.29) is 17.7 Å². The summed E-state index contributed by atoms with van der Waals surface area (Å²) in [5, 5.41) is 10.5. The van der Waals surface area contributed by atoms with Gasteiger partial charge in [0.1, 0.15) is 32.0 Å². The van der Waals surface area contributed by atoms with E-state index >= 15 is 0 Å². The zero-order chi connectivity index (χ0) is 24.2. The van der Waals surface area contributed by atoms with Crippen LogP contribution in [0.1, 0.15) is 45.3 Å². The molecule has 0 atom stereocenters. The number of hydrogen-bond acceptors (Lipinski definition) is 8.